The summed E-state index contributed by atoms with van der Waals surface area (Å²) in [4.78, 5) is 24.6. The lowest BCUT2D eigenvalue weighted by atomic mass is 10.7. The van der Waals surface area contributed by atoms with E-state index in [1.165, 1.54) is 0 Å². The predicted octanol–water partition coefficient (Wildman–Crippen LogP) is -0.470. The molecule has 8 heteroatoms. The second-order valence-electron chi connectivity index (χ2n) is 2.79. The van der Waals surface area contributed by atoms with Crippen LogP contribution >= 0.6 is 0 Å². The molecule has 0 amide bonds. The minimum atomic E-state index is -0.542. The summed E-state index contributed by atoms with van der Waals surface area (Å²) >= 11 is 0. The van der Waals surface area contributed by atoms with E-state index < -0.39 is 5.69 Å². The second kappa shape index (κ2) is 4.91. The van der Waals surface area contributed by atoms with Gasteiger partial charge in [-0.1, -0.05) is 0 Å². The first-order chi connectivity index (χ1) is 7.56. The van der Waals surface area contributed by atoms with Crippen LogP contribution < -0.4 is 11.1 Å². The summed E-state index contributed by atoms with van der Waals surface area (Å²) in [5.41, 5.74) is 1.99. The summed E-state index contributed by atoms with van der Waals surface area (Å²) in [6.07, 6.45) is 1.15. The van der Waals surface area contributed by atoms with E-state index in [0.717, 1.165) is 10.9 Å². The second-order valence-corrected chi connectivity index (χ2v) is 2.79. The third-order valence-corrected chi connectivity index (χ3v) is 1.67. The molecule has 1 aromatic rings. The number of nitrogens with zero attached hydrogens (tertiary/aromatic N) is 4. The number of H-pyrrole nitrogens is 1. The summed E-state index contributed by atoms with van der Waals surface area (Å²) in [6, 6.07) is 0. The van der Waals surface area contributed by atoms with E-state index in [1.807, 2.05) is 0 Å². The van der Waals surface area contributed by atoms with Crippen LogP contribution in [-0.2, 0) is 0 Å². The van der Waals surface area contributed by atoms with Crippen molar-refractivity contribution in [2.75, 3.05) is 12.5 Å². The maximum atomic E-state index is 11.2. The van der Waals surface area contributed by atoms with Crippen molar-refractivity contribution in [2.24, 2.45) is 15.0 Å². The number of hydrogen-bond acceptors (Lipinski definition) is 3. The Morgan fingerprint density at radius 3 is 2.81 bits per heavy atom. The first kappa shape index (κ1) is 11.7. The fraction of sp³-hybridized carbons (Fsp3) is 0.250. The molecule has 0 radical (unpaired) electrons. The molecular formula is C8H12N6O2. The normalized spacial score (nSPS) is 12.6. The van der Waals surface area contributed by atoms with E-state index in [-0.39, 0.29) is 11.8 Å². The van der Waals surface area contributed by atoms with E-state index in [1.54, 1.807) is 14.0 Å². The minimum absolute atomic E-state index is 0.101. The summed E-state index contributed by atoms with van der Waals surface area (Å²) in [6.45, 7) is 4.97. The highest BCUT2D eigenvalue weighted by Crippen LogP contribution is 1.95. The fourth-order valence-corrected chi connectivity index (χ4v) is 0.873. The van der Waals surface area contributed by atoms with Gasteiger partial charge in [-0.25, -0.2) is 14.5 Å². The number of aromatic hydroxyl groups is 1. The van der Waals surface area contributed by atoms with Crippen molar-refractivity contribution in [1.82, 2.24) is 9.66 Å². The molecule has 0 aliphatic carbocycles. The van der Waals surface area contributed by atoms with Crippen LogP contribution in [0.15, 0.2) is 26.0 Å². The smallest absolute Gasteiger partial charge is 0.347 e. The fourth-order valence-electron chi connectivity index (χ4n) is 0.873. The van der Waals surface area contributed by atoms with E-state index in [2.05, 4.69) is 32.1 Å². The molecule has 86 valence electrons. The van der Waals surface area contributed by atoms with Crippen molar-refractivity contribution in [2.45, 2.75) is 6.92 Å². The van der Waals surface area contributed by atoms with Crippen LogP contribution in [0.2, 0.25) is 0 Å². The Morgan fingerprint density at radius 1 is 1.69 bits per heavy atom. The van der Waals surface area contributed by atoms with E-state index >= 15 is 0 Å². The molecule has 0 bridgehead atoms. The molecule has 0 unspecified atom stereocenters. The Balaban J connectivity index is 2.95. The molecule has 0 aliphatic rings. The summed E-state index contributed by atoms with van der Waals surface area (Å²) < 4.78 is 0.992. The lowest BCUT2D eigenvalue weighted by molar-refractivity contribution is 0.455. The number of nitrogens with one attached hydrogen (secondary N) is 2. The quantitative estimate of drug-likeness (QED) is 0.443. The molecule has 0 saturated carbocycles. The molecule has 3 N–H and O–H groups in total. The van der Waals surface area contributed by atoms with Crippen LogP contribution in [0.4, 0.5) is 0 Å². The largest absolute Gasteiger partial charge is 0.493 e. The number of amidine groups is 1. The summed E-state index contributed by atoms with van der Waals surface area (Å²) in [5.74, 6) is 0.314. The van der Waals surface area contributed by atoms with Crippen molar-refractivity contribution in [3.8, 4) is 5.88 Å². The van der Waals surface area contributed by atoms with Crippen molar-refractivity contribution in [3.63, 3.8) is 0 Å². The lowest BCUT2D eigenvalue weighted by Crippen LogP contribution is -2.30. The molecule has 0 spiro atoms. The molecular weight excluding hydrogens is 212 g/mol. The van der Waals surface area contributed by atoms with Gasteiger partial charge in [0.15, 0.2) is 0 Å². The molecule has 0 aromatic carbocycles. The van der Waals surface area contributed by atoms with Crippen LogP contribution in [-0.4, -0.2) is 40.3 Å². The zero-order valence-electron chi connectivity index (χ0n) is 8.93. The van der Waals surface area contributed by atoms with Gasteiger partial charge in [0, 0.05) is 7.05 Å². The number of rotatable bonds is 1. The number of aliphatic imine (C=N–C) groups is 3. The number of aromatic amines is 1. The van der Waals surface area contributed by atoms with Crippen molar-refractivity contribution in [1.29, 1.82) is 0 Å². The lowest BCUT2D eigenvalue weighted by Gasteiger charge is -2.03. The van der Waals surface area contributed by atoms with Gasteiger partial charge in [-0.05, 0) is 13.6 Å². The van der Waals surface area contributed by atoms with Crippen LogP contribution in [0, 0.1) is 0 Å². The van der Waals surface area contributed by atoms with Gasteiger partial charge in [0.1, 0.15) is 5.84 Å². The SMILES string of the molecule is C=NC(=NC(C)=NC)Nn1cc(O)[nH]c1=O. The summed E-state index contributed by atoms with van der Waals surface area (Å²) in [7, 11) is 1.58. The summed E-state index contributed by atoms with van der Waals surface area (Å²) in [5, 5.41) is 9.02. The van der Waals surface area contributed by atoms with Gasteiger partial charge >= 0.3 is 5.69 Å². The number of guanidine groups is 1. The Kier molecular flexibility index (Phi) is 3.59. The third-order valence-electron chi connectivity index (χ3n) is 1.67. The first-order valence-corrected chi connectivity index (χ1v) is 4.33. The van der Waals surface area contributed by atoms with Gasteiger partial charge in [0.25, 0.3) is 0 Å². The standard InChI is InChI=1S/C8H12N6O2/c1-5(9-2)11-7(10-3)13-14-4-6(15)12-8(14)16/h4,15H,3H2,1-2H3,(H,12,16)(H,9,11,13). The van der Waals surface area contributed by atoms with E-state index in [0.29, 0.717) is 5.84 Å². The van der Waals surface area contributed by atoms with Gasteiger partial charge in [0.05, 0.1) is 6.20 Å². The average molecular weight is 224 g/mol. The van der Waals surface area contributed by atoms with Crippen LogP contribution in [0.1, 0.15) is 6.92 Å². The van der Waals surface area contributed by atoms with Gasteiger partial charge in [-0.3, -0.25) is 15.4 Å². The molecule has 1 aromatic heterocycles. The van der Waals surface area contributed by atoms with Crippen molar-refractivity contribution < 1.29 is 5.11 Å². The number of aromatic nitrogens is 2. The first-order valence-electron chi connectivity index (χ1n) is 4.33. The zero-order valence-corrected chi connectivity index (χ0v) is 8.93. The van der Waals surface area contributed by atoms with E-state index in [9.17, 15) is 4.79 Å². The predicted molar refractivity (Wildman–Crippen MR) is 62.1 cm³/mol. The van der Waals surface area contributed by atoms with Crippen LogP contribution in [0.25, 0.3) is 0 Å². The van der Waals surface area contributed by atoms with Gasteiger partial charge < -0.3 is 5.11 Å². The highest BCUT2D eigenvalue weighted by molar-refractivity contribution is 6.00. The van der Waals surface area contributed by atoms with Crippen LogP contribution in [0.3, 0.4) is 0 Å². The average Bonchev–Trinajstić information content (AvgIpc) is 2.56. The highest BCUT2D eigenvalue weighted by Gasteiger charge is 2.03. The molecule has 1 heterocycles. The monoisotopic (exact) mass is 224 g/mol. The maximum absolute atomic E-state index is 11.2. The molecule has 0 saturated heterocycles. The Hall–Kier alpha value is -2.38. The highest BCUT2D eigenvalue weighted by atomic mass is 16.3. The van der Waals surface area contributed by atoms with Gasteiger partial charge in [0.2, 0.25) is 11.8 Å². The van der Waals surface area contributed by atoms with Crippen LogP contribution in [0.5, 0.6) is 5.88 Å². The molecule has 1 rings (SSSR count). The number of imidazole rings is 1. The van der Waals surface area contributed by atoms with Crippen molar-refractivity contribution in [3.05, 3.63) is 16.7 Å². The number of hydrogen-bond donors (Lipinski definition) is 3. The zero-order chi connectivity index (χ0) is 12.1. The minimum Gasteiger partial charge on any atom is -0.493 e. The Labute approximate surface area is 91.1 Å². The molecule has 0 fully saturated rings. The van der Waals surface area contributed by atoms with Gasteiger partial charge in [-0.15, -0.1) is 0 Å². The topological polar surface area (TPSA) is 107 Å². The van der Waals surface area contributed by atoms with Gasteiger partial charge in [-0.2, -0.15) is 4.99 Å². The molecule has 0 aliphatic heterocycles. The molecule has 0 atom stereocenters. The molecule has 8 nitrogen and oxygen atoms in total. The maximum Gasteiger partial charge on any atom is 0.347 e. The van der Waals surface area contributed by atoms with E-state index in [4.69, 9.17) is 5.11 Å². The third kappa shape index (κ3) is 2.80. The Bertz CT molecular complexity index is 495. The molecule has 16 heavy (non-hydrogen) atoms. The van der Waals surface area contributed by atoms with Crippen molar-refractivity contribution >= 4 is 18.5 Å². The Morgan fingerprint density at radius 2 is 2.38 bits per heavy atom.